The standard InChI is InChI=1S/C18H22N2O2/c19-12-4-5-13-20-18(21)16-8-10-17(11-9-16)22-14-15-6-2-1-3-7-15/h1-3,6-11H,4-5,12-14,19H2,(H,20,21). The molecule has 4 heteroatoms. The van der Waals surface area contributed by atoms with E-state index >= 15 is 0 Å². The molecule has 4 nitrogen and oxygen atoms in total. The van der Waals surface area contributed by atoms with E-state index in [1.54, 1.807) is 12.1 Å². The zero-order valence-corrected chi connectivity index (χ0v) is 12.6. The van der Waals surface area contributed by atoms with Crippen molar-refractivity contribution in [3.63, 3.8) is 0 Å². The zero-order valence-electron chi connectivity index (χ0n) is 12.6. The Bertz CT molecular complexity index is 567. The lowest BCUT2D eigenvalue weighted by molar-refractivity contribution is 0.0953. The first-order chi connectivity index (χ1) is 10.8. The van der Waals surface area contributed by atoms with Crippen LogP contribution in [-0.2, 0) is 6.61 Å². The van der Waals surface area contributed by atoms with Crippen LogP contribution >= 0.6 is 0 Å². The quantitative estimate of drug-likeness (QED) is 0.737. The summed E-state index contributed by atoms with van der Waals surface area (Å²) in [4.78, 5) is 11.9. The second kappa shape index (κ2) is 8.85. The maximum Gasteiger partial charge on any atom is 0.251 e. The van der Waals surface area contributed by atoms with E-state index in [-0.39, 0.29) is 5.91 Å². The molecule has 0 aliphatic heterocycles. The molecule has 0 bridgehead atoms. The predicted octanol–water partition coefficient (Wildman–Crippen LogP) is 2.73. The average molecular weight is 298 g/mol. The van der Waals surface area contributed by atoms with Crippen LogP contribution in [0.3, 0.4) is 0 Å². The second-order valence-corrected chi connectivity index (χ2v) is 5.05. The van der Waals surface area contributed by atoms with Gasteiger partial charge in [0.2, 0.25) is 0 Å². The topological polar surface area (TPSA) is 64.3 Å². The number of carbonyl (C=O) groups excluding carboxylic acids is 1. The predicted molar refractivity (Wildman–Crippen MR) is 87.8 cm³/mol. The van der Waals surface area contributed by atoms with Crippen molar-refractivity contribution in [2.45, 2.75) is 19.4 Å². The van der Waals surface area contributed by atoms with Crippen molar-refractivity contribution in [2.75, 3.05) is 13.1 Å². The fraction of sp³-hybridized carbons (Fsp3) is 0.278. The van der Waals surface area contributed by atoms with Crippen molar-refractivity contribution in [1.82, 2.24) is 5.32 Å². The molecule has 0 aliphatic rings. The molecule has 0 saturated carbocycles. The highest BCUT2D eigenvalue weighted by atomic mass is 16.5. The van der Waals surface area contributed by atoms with Crippen LogP contribution in [0.25, 0.3) is 0 Å². The molecule has 0 saturated heterocycles. The summed E-state index contributed by atoms with van der Waals surface area (Å²) in [6.07, 6.45) is 1.83. The summed E-state index contributed by atoms with van der Waals surface area (Å²) < 4.78 is 5.69. The molecule has 2 rings (SSSR count). The molecule has 0 unspecified atom stereocenters. The maximum absolute atomic E-state index is 11.9. The number of nitrogens with one attached hydrogen (secondary N) is 1. The van der Waals surface area contributed by atoms with Gasteiger partial charge in [-0.05, 0) is 49.2 Å². The summed E-state index contributed by atoms with van der Waals surface area (Å²) in [5.41, 5.74) is 7.17. The summed E-state index contributed by atoms with van der Waals surface area (Å²) in [5, 5.41) is 2.88. The molecule has 2 aromatic rings. The molecule has 0 aliphatic carbocycles. The van der Waals surface area contributed by atoms with Crippen molar-refractivity contribution in [2.24, 2.45) is 5.73 Å². The fourth-order valence-corrected chi connectivity index (χ4v) is 2.02. The van der Waals surface area contributed by atoms with Gasteiger partial charge in [0.1, 0.15) is 12.4 Å². The van der Waals surface area contributed by atoms with E-state index in [0.29, 0.717) is 25.3 Å². The normalized spacial score (nSPS) is 10.2. The van der Waals surface area contributed by atoms with Gasteiger partial charge in [0.05, 0.1) is 0 Å². The molecular weight excluding hydrogens is 276 g/mol. The minimum atomic E-state index is -0.0633. The van der Waals surface area contributed by atoms with Crippen LogP contribution in [-0.4, -0.2) is 19.0 Å². The second-order valence-electron chi connectivity index (χ2n) is 5.05. The average Bonchev–Trinajstić information content (AvgIpc) is 2.58. The number of unbranched alkanes of at least 4 members (excludes halogenated alkanes) is 1. The van der Waals surface area contributed by atoms with Crippen LogP contribution in [0.5, 0.6) is 5.75 Å². The van der Waals surface area contributed by atoms with Crippen LogP contribution in [0.2, 0.25) is 0 Å². The summed E-state index contributed by atoms with van der Waals surface area (Å²) in [7, 11) is 0. The first kappa shape index (κ1) is 16.0. The molecule has 1 amide bonds. The number of hydrogen-bond donors (Lipinski definition) is 2. The van der Waals surface area contributed by atoms with Crippen molar-refractivity contribution >= 4 is 5.91 Å². The maximum atomic E-state index is 11.9. The van der Waals surface area contributed by atoms with Gasteiger partial charge in [-0.25, -0.2) is 0 Å². The monoisotopic (exact) mass is 298 g/mol. The zero-order chi connectivity index (χ0) is 15.6. The third-order valence-corrected chi connectivity index (χ3v) is 3.28. The first-order valence-corrected chi connectivity index (χ1v) is 7.54. The van der Waals surface area contributed by atoms with Gasteiger partial charge in [-0.2, -0.15) is 0 Å². The Morgan fingerprint density at radius 2 is 1.73 bits per heavy atom. The fourth-order valence-electron chi connectivity index (χ4n) is 2.02. The minimum absolute atomic E-state index is 0.0633. The number of amides is 1. The van der Waals surface area contributed by atoms with Gasteiger partial charge < -0.3 is 15.8 Å². The highest BCUT2D eigenvalue weighted by Crippen LogP contribution is 2.14. The molecule has 2 aromatic carbocycles. The van der Waals surface area contributed by atoms with E-state index < -0.39 is 0 Å². The highest BCUT2D eigenvalue weighted by molar-refractivity contribution is 5.94. The Kier molecular flexibility index (Phi) is 6.45. The Morgan fingerprint density at radius 3 is 2.41 bits per heavy atom. The van der Waals surface area contributed by atoms with E-state index in [2.05, 4.69) is 5.32 Å². The Morgan fingerprint density at radius 1 is 1.00 bits per heavy atom. The van der Waals surface area contributed by atoms with Gasteiger partial charge >= 0.3 is 0 Å². The lowest BCUT2D eigenvalue weighted by Crippen LogP contribution is -2.24. The Hall–Kier alpha value is -2.33. The number of carbonyl (C=O) groups is 1. The number of rotatable bonds is 8. The largest absolute Gasteiger partial charge is 0.489 e. The van der Waals surface area contributed by atoms with Crippen molar-refractivity contribution in [3.05, 3.63) is 65.7 Å². The number of hydrogen-bond acceptors (Lipinski definition) is 3. The van der Waals surface area contributed by atoms with Crippen molar-refractivity contribution in [1.29, 1.82) is 0 Å². The third-order valence-electron chi connectivity index (χ3n) is 3.28. The van der Waals surface area contributed by atoms with Crippen LogP contribution in [0.15, 0.2) is 54.6 Å². The summed E-state index contributed by atoms with van der Waals surface area (Å²) in [6, 6.07) is 17.2. The van der Waals surface area contributed by atoms with Crippen LogP contribution in [0, 0.1) is 0 Å². The first-order valence-electron chi connectivity index (χ1n) is 7.54. The van der Waals surface area contributed by atoms with Crippen molar-refractivity contribution < 1.29 is 9.53 Å². The lowest BCUT2D eigenvalue weighted by Gasteiger charge is -2.08. The third kappa shape index (κ3) is 5.22. The molecule has 0 aromatic heterocycles. The highest BCUT2D eigenvalue weighted by Gasteiger charge is 2.04. The summed E-state index contributed by atoms with van der Waals surface area (Å²) in [5.74, 6) is 0.690. The van der Waals surface area contributed by atoms with Crippen LogP contribution in [0.1, 0.15) is 28.8 Å². The molecule has 0 heterocycles. The molecule has 0 fully saturated rings. The van der Waals surface area contributed by atoms with E-state index in [4.69, 9.17) is 10.5 Å². The summed E-state index contributed by atoms with van der Waals surface area (Å²) in [6.45, 7) is 1.83. The smallest absolute Gasteiger partial charge is 0.251 e. The molecule has 0 radical (unpaired) electrons. The van der Waals surface area contributed by atoms with Gasteiger partial charge in [-0.1, -0.05) is 30.3 Å². The van der Waals surface area contributed by atoms with E-state index in [0.717, 1.165) is 24.2 Å². The molecule has 0 atom stereocenters. The van der Waals surface area contributed by atoms with Crippen LogP contribution in [0.4, 0.5) is 0 Å². The molecule has 116 valence electrons. The number of ether oxygens (including phenoxy) is 1. The van der Waals surface area contributed by atoms with E-state index in [9.17, 15) is 4.79 Å². The van der Waals surface area contributed by atoms with Gasteiger partial charge in [-0.15, -0.1) is 0 Å². The van der Waals surface area contributed by atoms with Gasteiger partial charge in [0.25, 0.3) is 5.91 Å². The van der Waals surface area contributed by atoms with E-state index in [1.165, 1.54) is 0 Å². The van der Waals surface area contributed by atoms with E-state index in [1.807, 2.05) is 42.5 Å². The SMILES string of the molecule is NCCCCNC(=O)c1ccc(OCc2ccccc2)cc1. The van der Waals surface area contributed by atoms with Crippen molar-refractivity contribution in [3.8, 4) is 5.75 Å². The Balaban J connectivity index is 1.81. The molecule has 3 N–H and O–H groups in total. The number of nitrogens with two attached hydrogens (primary N) is 1. The number of benzene rings is 2. The van der Waals surface area contributed by atoms with Crippen LogP contribution < -0.4 is 15.8 Å². The minimum Gasteiger partial charge on any atom is -0.489 e. The van der Waals surface area contributed by atoms with Gasteiger partial charge in [-0.3, -0.25) is 4.79 Å². The van der Waals surface area contributed by atoms with Gasteiger partial charge in [0, 0.05) is 12.1 Å². The van der Waals surface area contributed by atoms with Gasteiger partial charge in [0.15, 0.2) is 0 Å². The lowest BCUT2D eigenvalue weighted by atomic mass is 10.2. The molecule has 0 spiro atoms. The molecule has 22 heavy (non-hydrogen) atoms. The Labute approximate surface area is 131 Å². The molecular formula is C18H22N2O2. The summed E-state index contributed by atoms with van der Waals surface area (Å²) >= 11 is 0.